The van der Waals surface area contributed by atoms with Crippen LogP contribution in [0.3, 0.4) is 0 Å². The van der Waals surface area contributed by atoms with E-state index in [9.17, 15) is 18.4 Å². The van der Waals surface area contributed by atoms with Crippen LogP contribution in [0.2, 0.25) is 0 Å². The lowest BCUT2D eigenvalue weighted by molar-refractivity contribution is -0.118. The van der Waals surface area contributed by atoms with Gasteiger partial charge in [0.1, 0.15) is 17.3 Å². The molecule has 0 radical (unpaired) electrons. The molecule has 180 valence electrons. The number of benzene rings is 3. The zero-order valence-corrected chi connectivity index (χ0v) is 19.3. The van der Waals surface area contributed by atoms with Crippen molar-refractivity contribution >= 4 is 46.2 Å². The highest BCUT2D eigenvalue weighted by atomic mass is 32.2. The van der Waals surface area contributed by atoms with E-state index in [0.29, 0.717) is 34.2 Å². The zero-order valence-electron chi connectivity index (χ0n) is 18.5. The molecule has 36 heavy (non-hydrogen) atoms. The van der Waals surface area contributed by atoms with Crippen LogP contribution in [0.4, 0.5) is 20.2 Å². The van der Waals surface area contributed by atoms with E-state index in [-0.39, 0.29) is 34.9 Å². The van der Waals surface area contributed by atoms with Crippen molar-refractivity contribution in [3.05, 3.63) is 89.0 Å². The molecule has 1 aliphatic rings. The van der Waals surface area contributed by atoms with E-state index < -0.39 is 11.6 Å². The summed E-state index contributed by atoms with van der Waals surface area (Å²) in [6, 6.07) is 16.3. The van der Waals surface area contributed by atoms with Gasteiger partial charge >= 0.3 is 0 Å². The Morgan fingerprint density at radius 3 is 2.72 bits per heavy atom. The van der Waals surface area contributed by atoms with Crippen LogP contribution < -0.4 is 15.5 Å². The summed E-state index contributed by atoms with van der Waals surface area (Å²) in [6.45, 7) is -0.0927. The van der Waals surface area contributed by atoms with Crippen molar-refractivity contribution in [2.45, 2.75) is 0 Å². The Morgan fingerprint density at radius 2 is 1.97 bits per heavy atom. The number of nitrogens with zero attached hydrogens (tertiary/aromatic N) is 3. The summed E-state index contributed by atoms with van der Waals surface area (Å²) < 4.78 is 32.7. The second-order valence-electron chi connectivity index (χ2n) is 7.38. The number of hydrogen-bond donors (Lipinski definition) is 2. The summed E-state index contributed by atoms with van der Waals surface area (Å²) in [5.74, 6) is -1.84. The molecule has 3 aromatic rings. The van der Waals surface area contributed by atoms with Crippen molar-refractivity contribution in [1.29, 1.82) is 5.26 Å². The number of amidine groups is 1. The van der Waals surface area contributed by atoms with Gasteiger partial charge in [-0.1, -0.05) is 23.9 Å². The first kappa shape index (κ1) is 24.6. The van der Waals surface area contributed by atoms with Gasteiger partial charge in [-0.05, 0) is 48.0 Å². The number of hydrazone groups is 1. The van der Waals surface area contributed by atoms with E-state index in [2.05, 4.69) is 20.8 Å². The molecule has 2 N–H and O–H groups in total. The van der Waals surface area contributed by atoms with Crippen molar-refractivity contribution in [1.82, 2.24) is 5.43 Å². The van der Waals surface area contributed by atoms with E-state index in [1.54, 1.807) is 36.4 Å². The van der Waals surface area contributed by atoms with Crippen LogP contribution in [0.15, 0.2) is 70.8 Å². The fraction of sp³-hybridized carbons (Fsp3) is 0.0800. The van der Waals surface area contributed by atoms with Crippen LogP contribution in [0, 0.1) is 23.0 Å². The molecular weight excluding hydrogens is 488 g/mol. The van der Waals surface area contributed by atoms with Gasteiger partial charge in [-0.25, -0.2) is 13.8 Å². The van der Waals surface area contributed by atoms with Gasteiger partial charge in [-0.3, -0.25) is 15.0 Å². The fourth-order valence-corrected chi connectivity index (χ4v) is 3.77. The number of fused-ring (bicyclic) bond motifs is 1. The summed E-state index contributed by atoms with van der Waals surface area (Å²) >= 11 is 0.965. The number of ketones is 1. The number of aliphatic imine (C=N–C) groups is 1. The Morgan fingerprint density at radius 1 is 1.17 bits per heavy atom. The largest absolute Gasteiger partial charge is 0.482 e. The van der Waals surface area contributed by atoms with E-state index in [1.165, 1.54) is 18.3 Å². The molecule has 1 heterocycles. The highest BCUT2D eigenvalue weighted by Crippen LogP contribution is 2.29. The molecule has 4 rings (SSSR count). The zero-order chi connectivity index (χ0) is 25.5. The lowest BCUT2D eigenvalue weighted by atomic mass is 10.1. The van der Waals surface area contributed by atoms with E-state index in [0.717, 1.165) is 17.8 Å². The molecule has 0 saturated carbocycles. The Hall–Kier alpha value is -4.56. The van der Waals surface area contributed by atoms with Crippen LogP contribution in [0.5, 0.6) is 5.75 Å². The normalized spacial score (nSPS) is 12.9. The third-order valence-corrected chi connectivity index (χ3v) is 5.68. The summed E-state index contributed by atoms with van der Waals surface area (Å²) in [6.07, 6.45) is 1.46. The standard InChI is InChI=1S/C25H17F2N5O3S/c26-18-6-7-20(19(27)10-18)31-25(32-29-12-16-3-1-15(11-28)2-4-16)36-14-22(33)17-5-8-23-21(9-17)30-24(34)13-35-23/h1-10,12H,13-14H2,(H,30,34)(H,31,32)/b29-12+. The molecule has 0 aliphatic carbocycles. The number of halogens is 2. The molecule has 0 fully saturated rings. The summed E-state index contributed by atoms with van der Waals surface area (Å²) in [5.41, 5.74) is 4.46. The number of ether oxygens (including phenoxy) is 1. The third-order valence-electron chi connectivity index (χ3n) is 4.82. The molecule has 0 aromatic heterocycles. The first-order valence-electron chi connectivity index (χ1n) is 10.5. The van der Waals surface area contributed by atoms with E-state index >= 15 is 0 Å². The molecule has 11 heteroatoms. The Bertz CT molecular complexity index is 1420. The van der Waals surface area contributed by atoms with Gasteiger partial charge in [0.2, 0.25) is 0 Å². The molecule has 1 aliphatic heterocycles. The van der Waals surface area contributed by atoms with Gasteiger partial charge in [0.15, 0.2) is 23.4 Å². The number of carbonyl (C=O) groups is 2. The predicted octanol–water partition coefficient (Wildman–Crippen LogP) is 4.39. The number of thioether (sulfide) groups is 1. The lowest BCUT2D eigenvalue weighted by Gasteiger charge is -2.18. The number of nitriles is 1. The maximum atomic E-state index is 14.2. The maximum absolute atomic E-state index is 14.2. The van der Waals surface area contributed by atoms with Crippen molar-refractivity contribution in [3.63, 3.8) is 0 Å². The average molecular weight is 506 g/mol. The number of amides is 1. The van der Waals surface area contributed by atoms with Crippen LogP contribution in [-0.4, -0.2) is 35.4 Å². The number of carbonyl (C=O) groups excluding carboxylic acids is 2. The molecule has 3 aromatic carbocycles. The molecule has 0 spiro atoms. The smallest absolute Gasteiger partial charge is 0.262 e. The average Bonchev–Trinajstić information content (AvgIpc) is 2.88. The Balaban J connectivity index is 1.50. The summed E-state index contributed by atoms with van der Waals surface area (Å²) in [5, 5.41) is 15.7. The first-order chi connectivity index (χ1) is 17.4. The van der Waals surface area contributed by atoms with Crippen LogP contribution in [0.25, 0.3) is 0 Å². The minimum atomic E-state index is -0.872. The lowest BCUT2D eigenvalue weighted by Crippen LogP contribution is -2.25. The minimum Gasteiger partial charge on any atom is -0.482 e. The number of anilines is 1. The Kier molecular flexibility index (Phi) is 7.67. The number of nitrogens with one attached hydrogen (secondary N) is 2. The molecule has 0 atom stereocenters. The van der Waals surface area contributed by atoms with E-state index in [4.69, 9.17) is 10.00 Å². The molecule has 1 amide bonds. The Labute approximate surface area is 208 Å². The summed E-state index contributed by atoms with van der Waals surface area (Å²) in [4.78, 5) is 28.5. The van der Waals surface area contributed by atoms with Gasteiger partial charge in [0.25, 0.3) is 5.91 Å². The molecule has 8 nitrogen and oxygen atoms in total. The van der Waals surface area contributed by atoms with Gasteiger partial charge in [0, 0.05) is 11.6 Å². The minimum absolute atomic E-state index is 0.0887. The molecule has 0 saturated heterocycles. The van der Waals surface area contributed by atoms with Gasteiger partial charge < -0.3 is 10.1 Å². The number of hydrogen-bond acceptors (Lipinski definition) is 7. The predicted molar refractivity (Wildman–Crippen MR) is 133 cm³/mol. The number of Topliss-reactive ketones (excluding diaryl/α,β-unsaturated/α-hetero) is 1. The van der Waals surface area contributed by atoms with Crippen LogP contribution >= 0.6 is 11.8 Å². The number of rotatable bonds is 6. The van der Waals surface area contributed by atoms with Crippen molar-refractivity contribution in [3.8, 4) is 11.8 Å². The fourth-order valence-electron chi connectivity index (χ4n) is 3.05. The molecular formula is C25H17F2N5O3S. The molecule has 0 unspecified atom stereocenters. The van der Waals surface area contributed by atoms with Crippen LogP contribution in [0.1, 0.15) is 21.5 Å². The van der Waals surface area contributed by atoms with Gasteiger partial charge in [0.05, 0.1) is 29.3 Å². The van der Waals surface area contributed by atoms with Gasteiger partial charge in [-0.2, -0.15) is 10.4 Å². The second-order valence-corrected chi connectivity index (χ2v) is 8.34. The SMILES string of the molecule is N#Cc1ccc(/C=N/NC(=Nc2ccc(F)cc2F)SCC(=O)c2ccc3c(c2)NC(=O)CO3)cc1. The van der Waals surface area contributed by atoms with Gasteiger partial charge in [-0.15, -0.1) is 0 Å². The van der Waals surface area contributed by atoms with Crippen molar-refractivity contribution in [2.24, 2.45) is 10.1 Å². The topological polar surface area (TPSA) is 116 Å². The third kappa shape index (κ3) is 6.31. The van der Waals surface area contributed by atoms with Crippen LogP contribution in [-0.2, 0) is 4.79 Å². The second kappa shape index (κ2) is 11.2. The summed E-state index contributed by atoms with van der Waals surface area (Å²) in [7, 11) is 0. The monoisotopic (exact) mass is 505 g/mol. The van der Waals surface area contributed by atoms with Crippen molar-refractivity contribution in [2.75, 3.05) is 17.7 Å². The molecule has 0 bridgehead atoms. The highest BCUT2D eigenvalue weighted by Gasteiger charge is 2.18. The van der Waals surface area contributed by atoms with E-state index in [1.807, 2.05) is 6.07 Å². The maximum Gasteiger partial charge on any atom is 0.262 e. The first-order valence-corrected chi connectivity index (χ1v) is 11.5. The van der Waals surface area contributed by atoms with Crippen molar-refractivity contribution < 1.29 is 23.1 Å². The quantitative estimate of drug-likeness (QED) is 0.222. The highest BCUT2D eigenvalue weighted by molar-refractivity contribution is 8.14.